The molecule has 2 aromatic carbocycles. The number of aromatic nitrogens is 1. The first kappa shape index (κ1) is 18.8. The van der Waals surface area contributed by atoms with E-state index < -0.39 is 4.92 Å². The molecule has 0 bridgehead atoms. The molecule has 0 atom stereocenters. The second-order valence-corrected chi connectivity index (χ2v) is 8.65. The van der Waals surface area contributed by atoms with Crippen molar-refractivity contribution in [2.24, 2.45) is 4.99 Å². The molecule has 0 aliphatic heterocycles. The van der Waals surface area contributed by atoms with E-state index in [-0.39, 0.29) is 11.6 Å². The van der Waals surface area contributed by atoms with Gasteiger partial charge in [0.2, 0.25) is 0 Å². The van der Waals surface area contributed by atoms with E-state index in [1.165, 1.54) is 34.8 Å². The largest absolute Gasteiger partial charge is 0.316 e. The van der Waals surface area contributed by atoms with E-state index in [2.05, 4.69) is 4.99 Å². The molecule has 9 heteroatoms. The summed E-state index contributed by atoms with van der Waals surface area (Å²) in [4.78, 5) is 28.6. The van der Waals surface area contributed by atoms with Crippen LogP contribution in [0.25, 0.3) is 20.3 Å². The Bertz CT molecular complexity index is 1330. The summed E-state index contributed by atoms with van der Waals surface area (Å²) in [6.07, 6.45) is 0. The lowest BCUT2D eigenvalue weighted by Crippen LogP contribution is -2.16. The molecule has 0 spiro atoms. The van der Waals surface area contributed by atoms with Crippen LogP contribution in [0.3, 0.4) is 0 Å². The number of nitrogens with zero attached hydrogens (tertiary/aromatic N) is 3. The van der Waals surface area contributed by atoms with Crippen LogP contribution >= 0.6 is 34.3 Å². The van der Waals surface area contributed by atoms with Crippen molar-refractivity contribution in [3.8, 4) is 0 Å². The molecule has 0 N–H and O–H groups in total. The summed E-state index contributed by atoms with van der Waals surface area (Å²) in [5.41, 5.74) is 2.05. The van der Waals surface area contributed by atoms with Crippen molar-refractivity contribution in [2.45, 2.75) is 20.4 Å². The van der Waals surface area contributed by atoms with E-state index in [9.17, 15) is 14.9 Å². The van der Waals surface area contributed by atoms with Crippen LogP contribution in [-0.4, -0.2) is 15.4 Å². The third kappa shape index (κ3) is 3.13. The Morgan fingerprint density at radius 2 is 2.04 bits per heavy atom. The molecule has 2 aromatic heterocycles. The van der Waals surface area contributed by atoms with Crippen molar-refractivity contribution < 1.29 is 9.72 Å². The molecular weight excluding hydrogens is 418 g/mol. The van der Waals surface area contributed by atoms with Gasteiger partial charge in [0.25, 0.3) is 11.6 Å². The van der Waals surface area contributed by atoms with Crippen LogP contribution in [0.1, 0.15) is 22.2 Å². The van der Waals surface area contributed by atoms with Gasteiger partial charge in [-0.05, 0) is 37.6 Å². The van der Waals surface area contributed by atoms with Crippen LogP contribution in [0.4, 0.5) is 5.69 Å². The van der Waals surface area contributed by atoms with Crippen LogP contribution < -0.4 is 4.80 Å². The van der Waals surface area contributed by atoms with Crippen molar-refractivity contribution in [1.82, 2.24) is 4.57 Å². The Balaban J connectivity index is 1.84. The minimum atomic E-state index is -0.448. The normalized spacial score (nSPS) is 12.2. The lowest BCUT2D eigenvalue weighted by Gasteiger charge is -2.03. The lowest BCUT2D eigenvalue weighted by molar-refractivity contribution is -0.384. The van der Waals surface area contributed by atoms with Crippen molar-refractivity contribution >= 4 is 66.2 Å². The van der Waals surface area contributed by atoms with Gasteiger partial charge >= 0.3 is 0 Å². The van der Waals surface area contributed by atoms with E-state index in [0.29, 0.717) is 26.6 Å². The van der Waals surface area contributed by atoms with Gasteiger partial charge in [0.1, 0.15) is 0 Å². The number of nitro benzene ring substituents is 1. The van der Waals surface area contributed by atoms with Gasteiger partial charge in [-0.2, -0.15) is 4.99 Å². The molecule has 0 saturated carbocycles. The maximum absolute atomic E-state index is 12.8. The van der Waals surface area contributed by atoms with Crippen LogP contribution in [0.15, 0.2) is 41.4 Å². The monoisotopic (exact) mass is 431 g/mol. The smallest absolute Gasteiger partial charge is 0.289 e. The molecule has 0 aliphatic rings. The van der Waals surface area contributed by atoms with Crippen molar-refractivity contribution in [3.63, 3.8) is 0 Å². The summed E-state index contributed by atoms with van der Waals surface area (Å²) in [7, 11) is 0. The Morgan fingerprint density at radius 1 is 1.25 bits per heavy atom. The molecule has 1 amide bonds. The Labute approximate surface area is 172 Å². The lowest BCUT2D eigenvalue weighted by atomic mass is 10.2. The second kappa shape index (κ2) is 7.12. The molecule has 4 aromatic rings. The average Bonchev–Trinajstić information content (AvgIpc) is 3.25. The van der Waals surface area contributed by atoms with Crippen molar-refractivity contribution in [3.05, 3.63) is 66.8 Å². The number of halogens is 1. The first-order chi connectivity index (χ1) is 13.4. The topological polar surface area (TPSA) is 77.5 Å². The van der Waals surface area contributed by atoms with Gasteiger partial charge in [0, 0.05) is 28.8 Å². The summed E-state index contributed by atoms with van der Waals surface area (Å²) in [5, 5.41) is 12.2. The first-order valence-corrected chi connectivity index (χ1v) is 10.5. The predicted molar refractivity (Wildman–Crippen MR) is 114 cm³/mol. The number of fused-ring (bicyclic) bond motifs is 2. The zero-order valence-electron chi connectivity index (χ0n) is 14.9. The summed E-state index contributed by atoms with van der Waals surface area (Å²) >= 11 is 9.00. The first-order valence-electron chi connectivity index (χ1n) is 8.44. The van der Waals surface area contributed by atoms with Gasteiger partial charge in [-0.3, -0.25) is 14.9 Å². The molecule has 2 heterocycles. The standard InChI is InChI=1S/C19H14ClN3O3S2/c1-3-22-16-10(2)4-6-13(20)17(16)28-19(22)21-18(24)15-9-11-8-12(23(25)26)5-7-14(11)27-15/h4-9H,3H2,1-2H3. The summed E-state index contributed by atoms with van der Waals surface area (Å²) in [6.45, 7) is 4.66. The number of amides is 1. The van der Waals surface area contributed by atoms with E-state index in [1.807, 2.05) is 30.5 Å². The maximum Gasteiger partial charge on any atom is 0.289 e. The summed E-state index contributed by atoms with van der Waals surface area (Å²) < 4.78 is 3.70. The highest BCUT2D eigenvalue weighted by Crippen LogP contribution is 2.30. The zero-order valence-corrected chi connectivity index (χ0v) is 17.3. The molecular formula is C19H14ClN3O3S2. The Hall–Kier alpha value is -2.55. The number of non-ortho nitro benzene ring substituents is 1. The third-order valence-corrected chi connectivity index (χ3v) is 7.06. The average molecular weight is 432 g/mol. The van der Waals surface area contributed by atoms with E-state index in [4.69, 9.17) is 11.6 Å². The number of benzene rings is 2. The highest BCUT2D eigenvalue weighted by atomic mass is 35.5. The van der Waals surface area contributed by atoms with Gasteiger partial charge in [-0.25, -0.2) is 0 Å². The molecule has 0 fully saturated rings. The molecule has 0 aliphatic carbocycles. The number of hydrogen-bond donors (Lipinski definition) is 0. The molecule has 28 heavy (non-hydrogen) atoms. The van der Waals surface area contributed by atoms with Crippen molar-refractivity contribution in [1.29, 1.82) is 0 Å². The molecule has 0 radical (unpaired) electrons. The fourth-order valence-corrected chi connectivity index (χ4v) is 5.46. The summed E-state index contributed by atoms with van der Waals surface area (Å²) in [6, 6.07) is 10.0. The van der Waals surface area contributed by atoms with Gasteiger partial charge in [0.05, 0.1) is 25.0 Å². The number of aryl methyl sites for hydroxylation is 2. The fourth-order valence-electron chi connectivity index (χ4n) is 3.09. The zero-order chi connectivity index (χ0) is 20.0. The molecule has 6 nitrogen and oxygen atoms in total. The number of carbonyl (C=O) groups excluding carboxylic acids is 1. The third-order valence-electron chi connectivity index (χ3n) is 4.41. The highest BCUT2D eigenvalue weighted by Gasteiger charge is 2.15. The summed E-state index contributed by atoms with van der Waals surface area (Å²) in [5.74, 6) is -0.369. The van der Waals surface area contributed by atoms with E-state index in [1.54, 1.807) is 12.1 Å². The van der Waals surface area contributed by atoms with Crippen LogP contribution in [-0.2, 0) is 6.54 Å². The quantitative estimate of drug-likeness (QED) is 0.315. The van der Waals surface area contributed by atoms with E-state index >= 15 is 0 Å². The van der Waals surface area contributed by atoms with Crippen LogP contribution in [0.5, 0.6) is 0 Å². The Kier molecular flexibility index (Phi) is 4.78. The van der Waals surface area contributed by atoms with Crippen LogP contribution in [0, 0.1) is 17.0 Å². The molecule has 0 saturated heterocycles. The SMILES string of the molecule is CCn1c(=NC(=O)c2cc3cc([N+](=O)[O-])ccc3s2)sc2c(Cl)ccc(C)c21. The molecule has 142 valence electrons. The maximum atomic E-state index is 12.8. The number of thiazole rings is 1. The number of nitro groups is 1. The van der Waals surface area contributed by atoms with Crippen molar-refractivity contribution in [2.75, 3.05) is 0 Å². The minimum Gasteiger partial charge on any atom is -0.316 e. The number of hydrogen-bond acceptors (Lipinski definition) is 5. The fraction of sp³-hybridized carbons (Fsp3) is 0.158. The van der Waals surface area contributed by atoms with E-state index in [0.717, 1.165) is 20.5 Å². The van der Waals surface area contributed by atoms with Gasteiger partial charge < -0.3 is 4.57 Å². The Morgan fingerprint density at radius 3 is 2.75 bits per heavy atom. The predicted octanol–water partition coefficient (Wildman–Crippen LogP) is 5.55. The highest BCUT2D eigenvalue weighted by molar-refractivity contribution is 7.21. The second-order valence-electron chi connectivity index (χ2n) is 6.18. The van der Waals surface area contributed by atoms with Gasteiger partial charge in [-0.1, -0.05) is 29.0 Å². The molecule has 0 unspecified atom stereocenters. The molecule has 4 rings (SSSR count). The number of rotatable bonds is 3. The van der Waals surface area contributed by atoms with Crippen LogP contribution in [0.2, 0.25) is 5.02 Å². The number of thiophene rings is 1. The van der Waals surface area contributed by atoms with Gasteiger partial charge in [0.15, 0.2) is 4.80 Å². The van der Waals surface area contributed by atoms with Gasteiger partial charge in [-0.15, -0.1) is 11.3 Å². The number of carbonyl (C=O) groups is 1. The minimum absolute atomic E-state index is 0.000291.